The summed E-state index contributed by atoms with van der Waals surface area (Å²) in [5.41, 5.74) is -0.456. The van der Waals surface area contributed by atoms with Crippen LogP contribution in [0.25, 0.3) is 10.9 Å². The second-order valence-electron chi connectivity index (χ2n) is 7.71. The highest BCUT2D eigenvalue weighted by molar-refractivity contribution is 5.91. The van der Waals surface area contributed by atoms with Gasteiger partial charge in [0.2, 0.25) is 0 Å². The van der Waals surface area contributed by atoms with Crippen molar-refractivity contribution < 1.29 is 23.4 Å². The number of aromatic hydroxyl groups is 1. The number of alkyl halides is 3. The van der Waals surface area contributed by atoms with Crippen LogP contribution in [-0.4, -0.2) is 27.0 Å². The number of anilines is 1. The Morgan fingerprint density at radius 1 is 1.10 bits per heavy atom. The van der Waals surface area contributed by atoms with Crippen LogP contribution < -0.4 is 5.32 Å². The van der Waals surface area contributed by atoms with Gasteiger partial charge >= 0.3 is 6.18 Å². The molecule has 1 aromatic heterocycles. The van der Waals surface area contributed by atoms with E-state index < -0.39 is 30.2 Å². The summed E-state index contributed by atoms with van der Waals surface area (Å²) >= 11 is 0. The van der Waals surface area contributed by atoms with Gasteiger partial charge in [-0.15, -0.1) is 0 Å². The number of halogens is 3. The van der Waals surface area contributed by atoms with E-state index in [4.69, 9.17) is 0 Å². The lowest BCUT2D eigenvalue weighted by atomic mass is 9.70. The summed E-state index contributed by atoms with van der Waals surface area (Å²) < 4.78 is 42.1. The van der Waals surface area contributed by atoms with E-state index in [0.29, 0.717) is 22.2 Å². The molecule has 0 saturated carbocycles. The van der Waals surface area contributed by atoms with Gasteiger partial charge in [0.05, 0.1) is 11.6 Å². The molecule has 0 radical (unpaired) electrons. The van der Waals surface area contributed by atoms with Crippen molar-refractivity contribution in [1.29, 1.82) is 0 Å². The Balaban J connectivity index is 1.90. The lowest BCUT2D eigenvalue weighted by Crippen LogP contribution is -2.55. The molecule has 1 heterocycles. The molecule has 3 aromatic rings. The molecule has 3 N–H and O–H groups in total. The van der Waals surface area contributed by atoms with Crippen molar-refractivity contribution in [1.82, 2.24) is 4.98 Å². The van der Waals surface area contributed by atoms with E-state index in [1.54, 1.807) is 37.3 Å². The van der Waals surface area contributed by atoms with E-state index in [1.165, 1.54) is 18.2 Å². The second-order valence-corrected chi connectivity index (χ2v) is 7.71. The lowest BCUT2D eigenvalue weighted by Gasteiger charge is -2.45. The van der Waals surface area contributed by atoms with Crippen LogP contribution in [0.3, 0.4) is 0 Å². The van der Waals surface area contributed by atoms with E-state index in [-0.39, 0.29) is 11.3 Å². The summed E-state index contributed by atoms with van der Waals surface area (Å²) in [6, 6.07) is 11.7. The van der Waals surface area contributed by atoms with Crippen molar-refractivity contribution in [3.8, 4) is 5.75 Å². The van der Waals surface area contributed by atoms with E-state index in [9.17, 15) is 23.4 Å². The van der Waals surface area contributed by atoms with Crippen LogP contribution in [0.5, 0.6) is 5.75 Å². The summed E-state index contributed by atoms with van der Waals surface area (Å²) in [5.74, 6) is -0.728. The molecule has 7 heteroatoms. The molecule has 152 valence electrons. The van der Waals surface area contributed by atoms with Crippen LogP contribution in [0, 0.1) is 6.92 Å². The number of fused-ring (bicyclic) bond motifs is 2. The summed E-state index contributed by atoms with van der Waals surface area (Å²) in [7, 11) is 0. The first kappa shape index (κ1) is 19.5. The highest BCUT2D eigenvalue weighted by atomic mass is 19.4. The van der Waals surface area contributed by atoms with Crippen LogP contribution in [0.1, 0.15) is 42.1 Å². The molecule has 2 aromatic carbocycles. The fourth-order valence-corrected chi connectivity index (χ4v) is 4.32. The van der Waals surface area contributed by atoms with Crippen molar-refractivity contribution in [3.63, 3.8) is 0 Å². The summed E-state index contributed by atoms with van der Waals surface area (Å²) in [6.45, 7) is 3.42. The minimum Gasteiger partial charge on any atom is -0.508 e. The third kappa shape index (κ3) is 3.09. The average molecular weight is 402 g/mol. The molecule has 1 aliphatic rings. The van der Waals surface area contributed by atoms with Crippen LogP contribution in [0.15, 0.2) is 48.5 Å². The summed E-state index contributed by atoms with van der Waals surface area (Å²) in [6.07, 6.45) is -5.41. The zero-order valence-electron chi connectivity index (χ0n) is 16.0. The number of aliphatic hydroxyl groups is 1. The number of benzene rings is 2. The Labute approximate surface area is 166 Å². The van der Waals surface area contributed by atoms with Gasteiger partial charge < -0.3 is 15.5 Å². The Morgan fingerprint density at radius 2 is 1.83 bits per heavy atom. The standard InChI is InChI=1S/C22H21F3N2O2/c1-12-11-21(29,22(23,24)25)20(15-5-3-8-18(28)19(12)15)27-17-7-4-6-16-14(17)10-9-13(2)26-16/h3-10,12,20,27-29H,11H2,1-2H3/t12-,20-,21+/m0/s1. The molecule has 0 bridgehead atoms. The van der Waals surface area contributed by atoms with Crippen LogP contribution >= 0.6 is 0 Å². The van der Waals surface area contributed by atoms with Gasteiger partial charge in [0.25, 0.3) is 0 Å². The first-order chi connectivity index (χ1) is 13.6. The van der Waals surface area contributed by atoms with Gasteiger partial charge in [-0.05, 0) is 55.2 Å². The number of rotatable bonds is 2. The molecule has 4 rings (SSSR count). The summed E-state index contributed by atoms with van der Waals surface area (Å²) in [5, 5.41) is 24.7. The van der Waals surface area contributed by atoms with Gasteiger partial charge in [0.1, 0.15) is 5.75 Å². The van der Waals surface area contributed by atoms with Gasteiger partial charge in [-0.25, -0.2) is 0 Å². The fourth-order valence-electron chi connectivity index (χ4n) is 4.32. The predicted molar refractivity (Wildman–Crippen MR) is 105 cm³/mol. The first-order valence-electron chi connectivity index (χ1n) is 9.35. The third-order valence-electron chi connectivity index (χ3n) is 5.68. The van der Waals surface area contributed by atoms with Crippen molar-refractivity contribution in [2.45, 2.75) is 44.0 Å². The van der Waals surface area contributed by atoms with Gasteiger partial charge in [0, 0.05) is 22.3 Å². The van der Waals surface area contributed by atoms with E-state index in [1.807, 2.05) is 6.92 Å². The Bertz CT molecular complexity index is 1080. The smallest absolute Gasteiger partial charge is 0.419 e. The van der Waals surface area contributed by atoms with Crippen molar-refractivity contribution in [2.24, 2.45) is 0 Å². The number of nitrogens with zero attached hydrogens (tertiary/aromatic N) is 1. The second kappa shape index (κ2) is 6.62. The zero-order chi connectivity index (χ0) is 21.0. The van der Waals surface area contributed by atoms with Crippen molar-refractivity contribution >= 4 is 16.6 Å². The highest BCUT2D eigenvalue weighted by Crippen LogP contribution is 2.54. The molecule has 1 aliphatic carbocycles. The average Bonchev–Trinajstić information content (AvgIpc) is 2.63. The molecule has 0 aliphatic heterocycles. The van der Waals surface area contributed by atoms with Crippen LogP contribution in [0.2, 0.25) is 0 Å². The number of aryl methyl sites for hydroxylation is 1. The number of pyridine rings is 1. The molecule has 0 saturated heterocycles. The molecule has 0 amide bonds. The number of aromatic nitrogens is 1. The molecule has 0 fully saturated rings. The maximum Gasteiger partial charge on any atom is 0.419 e. The SMILES string of the molecule is Cc1ccc2c(N[C@H]3c4cccc(O)c4[C@@H](C)C[C@]3(O)C(F)(F)F)cccc2n1. The number of phenolic OH excluding ortho intramolecular Hbond substituents is 1. The molecular formula is C22H21F3N2O2. The predicted octanol–water partition coefficient (Wildman–Crippen LogP) is 5.20. The third-order valence-corrected chi connectivity index (χ3v) is 5.68. The first-order valence-corrected chi connectivity index (χ1v) is 9.35. The van der Waals surface area contributed by atoms with E-state index >= 15 is 0 Å². The fraction of sp³-hybridized carbons (Fsp3) is 0.318. The van der Waals surface area contributed by atoms with E-state index in [0.717, 1.165) is 5.69 Å². The molecule has 3 atom stereocenters. The zero-order valence-corrected chi connectivity index (χ0v) is 16.0. The van der Waals surface area contributed by atoms with Crippen LogP contribution in [0.4, 0.5) is 18.9 Å². The number of nitrogens with one attached hydrogen (secondary N) is 1. The lowest BCUT2D eigenvalue weighted by molar-refractivity contribution is -0.272. The minimum atomic E-state index is -4.86. The largest absolute Gasteiger partial charge is 0.508 e. The monoisotopic (exact) mass is 402 g/mol. The number of hydrogen-bond donors (Lipinski definition) is 3. The van der Waals surface area contributed by atoms with E-state index in [2.05, 4.69) is 10.3 Å². The highest BCUT2D eigenvalue weighted by Gasteiger charge is 2.62. The number of hydrogen-bond acceptors (Lipinski definition) is 4. The van der Waals surface area contributed by atoms with Gasteiger partial charge in [-0.1, -0.05) is 25.1 Å². The van der Waals surface area contributed by atoms with Gasteiger partial charge in [-0.3, -0.25) is 4.98 Å². The van der Waals surface area contributed by atoms with Crippen molar-refractivity contribution in [3.05, 3.63) is 65.4 Å². The van der Waals surface area contributed by atoms with Gasteiger partial charge in [-0.2, -0.15) is 13.2 Å². The quantitative estimate of drug-likeness (QED) is 0.551. The topological polar surface area (TPSA) is 65.4 Å². The maximum absolute atomic E-state index is 14.0. The Hall–Kier alpha value is -2.80. The molecule has 0 spiro atoms. The van der Waals surface area contributed by atoms with Gasteiger partial charge in [0.15, 0.2) is 5.60 Å². The minimum absolute atomic E-state index is 0.0683. The molecule has 29 heavy (non-hydrogen) atoms. The molecular weight excluding hydrogens is 381 g/mol. The van der Waals surface area contributed by atoms with Crippen LogP contribution in [-0.2, 0) is 0 Å². The Kier molecular flexibility index (Phi) is 4.46. The normalized spacial score (nSPS) is 24.3. The van der Waals surface area contributed by atoms with Crippen molar-refractivity contribution in [2.75, 3.05) is 5.32 Å². The molecule has 4 nitrogen and oxygen atoms in total. The maximum atomic E-state index is 14.0. The number of phenols is 1. The summed E-state index contributed by atoms with van der Waals surface area (Å²) in [4.78, 5) is 4.42. The Morgan fingerprint density at radius 3 is 2.55 bits per heavy atom. The molecule has 0 unspecified atom stereocenters.